The van der Waals surface area contributed by atoms with Crippen LogP contribution in [0.25, 0.3) is 0 Å². The van der Waals surface area contributed by atoms with E-state index in [1.807, 2.05) is 0 Å². The summed E-state index contributed by atoms with van der Waals surface area (Å²) < 4.78 is 0. The highest BCUT2D eigenvalue weighted by atomic mass is 16.2. The molecule has 0 aromatic heterocycles. The van der Waals surface area contributed by atoms with Crippen LogP contribution in [-0.4, -0.2) is 79.3 Å². The molecule has 0 unspecified atom stereocenters. The lowest BCUT2D eigenvalue weighted by molar-refractivity contribution is -0.139. The fourth-order valence-electron chi connectivity index (χ4n) is 4.76. The second kappa shape index (κ2) is 9.84. The van der Waals surface area contributed by atoms with Crippen molar-refractivity contribution in [3.8, 4) is 0 Å². The minimum absolute atomic E-state index is 0.166. The molecule has 0 atom stereocenters. The summed E-state index contributed by atoms with van der Waals surface area (Å²) in [6, 6.07) is 0. The van der Waals surface area contributed by atoms with Gasteiger partial charge in [-0.15, -0.1) is 0 Å². The van der Waals surface area contributed by atoms with Crippen molar-refractivity contribution in [3.05, 3.63) is 0 Å². The van der Waals surface area contributed by atoms with Crippen LogP contribution in [0.4, 0.5) is 0 Å². The van der Waals surface area contributed by atoms with Crippen molar-refractivity contribution < 1.29 is 9.59 Å². The molecular weight excluding hydrogens is 326 g/mol. The summed E-state index contributed by atoms with van der Waals surface area (Å²) >= 11 is 0. The lowest BCUT2D eigenvalue weighted by Crippen LogP contribution is -2.51. The highest BCUT2D eigenvalue weighted by Gasteiger charge is 2.30. The number of piperazine rings is 1. The number of rotatable bonds is 6. The van der Waals surface area contributed by atoms with Gasteiger partial charge in [-0.25, -0.2) is 0 Å². The van der Waals surface area contributed by atoms with Gasteiger partial charge in [-0.1, -0.05) is 6.92 Å². The largest absolute Gasteiger partial charge is 0.340 e. The first kappa shape index (κ1) is 19.8. The van der Waals surface area contributed by atoms with Crippen molar-refractivity contribution in [1.29, 1.82) is 0 Å². The molecule has 0 spiro atoms. The van der Waals surface area contributed by atoms with E-state index in [1.54, 1.807) is 0 Å². The van der Waals surface area contributed by atoms with Gasteiger partial charge in [0.1, 0.15) is 6.29 Å². The number of nitrogens with zero attached hydrogens (tertiary/aromatic N) is 3. The van der Waals surface area contributed by atoms with Crippen molar-refractivity contribution in [1.82, 2.24) is 14.7 Å². The third-order valence-corrected chi connectivity index (χ3v) is 6.82. The summed E-state index contributed by atoms with van der Waals surface area (Å²) in [5.74, 6) is 1.61. The van der Waals surface area contributed by atoms with Gasteiger partial charge in [-0.3, -0.25) is 9.69 Å². The van der Waals surface area contributed by atoms with Crippen LogP contribution in [0, 0.1) is 17.8 Å². The maximum absolute atomic E-state index is 12.7. The minimum atomic E-state index is 0.166. The topological polar surface area (TPSA) is 43.9 Å². The van der Waals surface area contributed by atoms with E-state index in [0.717, 1.165) is 64.1 Å². The Morgan fingerprint density at radius 3 is 2.00 bits per heavy atom. The number of aldehydes is 1. The van der Waals surface area contributed by atoms with Crippen molar-refractivity contribution in [2.75, 3.05) is 52.4 Å². The summed E-state index contributed by atoms with van der Waals surface area (Å²) in [5.41, 5.74) is 0. The van der Waals surface area contributed by atoms with Gasteiger partial charge in [-0.2, -0.15) is 0 Å². The van der Waals surface area contributed by atoms with E-state index < -0.39 is 0 Å². The number of hydrogen-bond donors (Lipinski definition) is 0. The maximum Gasteiger partial charge on any atom is 0.225 e. The van der Waals surface area contributed by atoms with Gasteiger partial charge in [-0.05, 0) is 77.0 Å². The van der Waals surface area contributed by atoms with Crippen LogP contribution in [0.15, 0.2) is 0 Å². The first-order valence-electron chi connectivity index (χ1n) is 10.8. The van der Waals surface area contributed by atoms with E-state index in [0.29, 0.717) is 5.91 Å². The van der Waals surface area contributed by atoms with Crippen LogP contribution in [0.5, 0.6) is 0 Å². The first-order chi connectivity index (χ1) is 12.7. The number of piperidine rings is 1. The van der Waals surface area contributed by atoms with E-state index in [1.165, 1.54) is 45.4 Å². The van der Waals surface area contributed by atoms with E-state index in [9.17, 15) is 9.59 Å². The standard InChI is InChI=1S/C21H37N3O2/c1-18-7-11-22(12-8-18)9-2-10-23-13-15-24(16-14-23)21(26)20-5-3-19(17-25)4-6-20/h17-20H,2-16H2,1H3. The predicted octanol–water partition coefficient (Wildman–Crippen LogP) is 2.26. The predicted molar refractivity (Wildman–Crippen MR) is 104 cm³/mol. The molecule has 26 heavy (non-hydrogen) atoms. The second-order valence-electron chi connectivity index (χ2n) is 8.79. The van der Waals surface area contributed by atoms with Crippen LogP contribution in [-0.2, 0) is 9.59 Å². The Morgan fingerprint density at radius 2 is 1.42 bits per heavy atom. The third-order valence-electron chi connectivity index (χ3n) is 6.82. The Balaban J connectivity index is 1.30. The zero-order chi connectivity index (χ0) is 18.4. The minimum Gasteiger partial charge on any atom is -0.340 e. The average molecular weight is 364 g/mol. The van der Waals surface area contributed by atoms with Gasteiger partial charge in [0.05, 0.1) is 0 Å². The number of hydrogen-bond acceptors (Lipinski definition) is 4. The lowest BCUT2D eigenvalue weighted by Gasteiger charge is -2.38. The molecule has 0 radical (unpaired) electrons. The van der Waals surface area contributed by atoms with Crippen LogP contribution < -0.4 is 0 Å². The van der Waals surface area contributed by atoms with Crippen LogP contribution in [0.2, 0.25) is 0 Å². The zero-order valence-corrected chi connectivity index (χ0v) is 16.6. The van der Waals surface area contributed by atoms with Gasteiger partial charge in [0, 0.05) is 38.0 Å². The molecule has 148 valence electrons. The SMILES string of the molecule is CC1CCN(CCCN2CCN(C(=O)C3CCC(C=O)CC3)CC2)CC1. The maximum atomic E-state index is 12.7. The molecule has 1 saturated carbocycles. The molecule has 2 heterocycles. The van der Waals surface area contributed by atoms with Crippen molar-refractivity contribution >= 4 is 12.2 Å². The molecule has 0 N–H and O–H groups in total. The van der Waals surface area contributed by atoms with Crippen LogP contribution in [0.1, 0.15) is 51.9 Å². The summed E-state index contributed by atoms with van der Waals surface area (Å²) in [6.07, 6.45) is 8.63. The zero-order valence-electron chi connectivity index (χ0n) is 16.6. The molecule has 2 aliphatic heterocycles. The van der Waals surface area contributed by atoms with E-state index in [-0.39, 0.29) is 11.8 Å². The molecular formula is C21H37N3O2. The molecule has 3 rings (SSSR count). The highest BCUT2D eigenvalue weighted by molar-refractivity contribution is 5.79. The van der Waals surface area contributed by atoms with E-state index in [2.05, 4.69) is 21.6 Å². The van der Waals surface area contributed by atoms with Gasteiger partial charge < -0.3 is 14.6 Å². The van der Waals surface area contributed by atoms with Crippen molar-refractivity contribution in [2.45, 2.75) is 51.9 Å². The summed E-state index contributed by atoms with van der Waals surface area (Å²) in [6.45, 7) is 11.1. The van der Waals surface area contributed by atoms with Gasteiger partial charge >= 0.3 is 0 Å². The average Bonchev–Trinajstić information content (AvgIpc) is 2.69. The highest BCUT2D eigenvalue weighted by Crippen LogP contribution is 2.29. The number of carbonyl (C=O) groups excluding carboxylic acids is 2. The Bertz CT molecular complexity index is 446. The summed E-state index contributed by atoms with van der Waals surface area (Å²) in [4.78, 5) is 30.8. The fourth-order valence-corrected chi connectivity index (χ4v) is 4.76. The van der Waals surface area contributed by atoms with Gasteiger partial charge in [0.15, 0.2) is 0 Å². The lowest BCUT2D eigenvalue weighted by atomic mass is 9.82. The normalized spacial score (nSPS) is 29.7. The van der Waals surface area contributed by atoms with Crippen molar-refractivity contribution in [2.24, 2.45) is 17.8 Å². The van der Waals surface area contributed by atoms with E-state index >= 15 is 0 Å². The molecule has 2 saturated heterocycles. The fraction of sp³-hybridized carbons (Fsp3) is 0.905. The Hall–Kier alpha value is -0.940. The molecule has 5 heteroatoms. The molecule has 0 bridgehead atoms. The number of carbonyl (C=O) groups is 2. The molecule has 3 aliphatic rings. The third kappa shape index (κ3) is 5.53. The van der Waals surface area contributed by atoms with Gasteiger partial charge in [0.25, 0.3) is 0 Å². The Labute approximate surface area is 159 Å². The smallest absolute Gasteiger partial charge is 0.225 e. The van der Waals surface area contributed by atoms with Crippen LogP contribution in [0.3, 0.4) is 0 Å². The van der Waals surface area contributed by atoms with E-state index in [4.69, 9.17) is 0 Å². The molecule has 1 aliphatic carbocycles. The first-order valence-corrected chi connectivity index (χ1v) is 10.8. The number of amides is 1. The molecule has 5 nitrogen and oxygen atoms in total. The monoisotopic (exact) mass is 363 g/mol. The van der Waals surface area contributed by atoms with Crippen molar-refractivity contribution in [3.63, 3.8) is 0 Å². The van der Waals surface area contributed by atoms with Gasteiger partial charge in [0.2, 0.25) is 5.91 Å². The second-order valence-corrected chi connectivity index (χ2v) is 8.79. The number of likely N-dealkylation sites (tertiary alicyclic amines) is 1. The van der Waals surface area contributed by atoms with Crippen LogP contribution >= 0.6 is 0 Å². The summed E-state index contributed by atoms with van der Waals surface area (Å²) in [5, 5.41) is 0. The molecule has 0 aromatic carbocycles. The molecule has 3 fully saturated rings. The Morgan fingerprint density at radius 1 is 0.846 bits per heavy atom. The Kier molecular flexibility index (Phi) is 7.50. The summed E-state index contributed by atoms with van der Waals surface area (Å²) in [7, 11) is 0. The molecule has 0 aromatic rings. The molecule has 1 amide bonds. The quantitative estimate of drug-likeness (QED) is 0.679.